The number of carbonyl (C=O) groups is 1. The third-order valence-electron chi connectivity index (χ3n) is 4.09. The molecule has 1 heterocycles. The van der Waals surface area contributed by atoms with Crippen molar-refractivity contribution in [3.63, 3.8) is 0 Å². The van der Waals surface area contributed by atoms with Crippen LogP contribution in [0, 0.1) is 6.92 Å². The standard InChI is InChI=1S/C21H19ClN2O4/c1-13-3-6-15(7-4-13)21-16(11-23-2)18(24-28-21)12-27-19-9-14(10-20(25)26)5-8-17(19)22/h3-9,11H,10,12H2,1-2H3,(H,25,26). The van der Waals surface area contributed by atoms with Crippen molar-refractivity contribution in [2.24, 2.45) is 4.99 Å². The second-order valence-corrected chi connectivity index (χ2v) is 6.66. The maximum absolute atomic E-state index is 10.9. The smallest absolute Gasteiger partial charge is 0.307 e. The van der Waals surface area contributed by atoms with E-state index < -0.39 is 5.97 Å². The fourth-order valence-electron chi connectivity index (χ4n) is 2.70. The second-order valence-electron chi connectivity index (χ2n) is 6.25. The van der Waals surface area contributed by atoms with E-state index in [1.165, 1.54) is 0 Å². The molecule has 28 heavy (non-hydrogen) atoms. The third kappa shape index (κ3) is 4.58. The summed E-state index contributed by atoms with van der Waals surface area (Å²) in [7, 11) is 1.67. The molecule has 0 unspecified atom stereocenters. The average Bonchev–Trinajstić information content (AvgIpc) is 3.05. The van der Waals surface area contributed by atoms with Crippen LogP contribution in [0.4, 0.5) is 0 Å². The Morgan fingerprint density at radius 3 is 2.71 bits per heavy atom. The van der Waals surface area contributed by atoms with Crippen LogP contribution in [0.3, 0.4) is 0 Å². The molecule has 6 nitrogen and oxygen atoms in total. The predicted octanol–water partition coefficient (Wildman–Crippen LogP) is 4.56. The highest BCUT2D eigenvalue weighted by Gasteiger charge is 2.17. The molecule has 7 heteroatoms. The topological polar surface area (TPSA) is 84.9 Å². The molecule has 0 aliphatic heterocycles. The molecule has 0 amide bonds. The Kier molecular flexibility index (Phi) is 6.11. The van der Waals surface area contributed by atoms with E-state index in [4.69, 9.17) is 26.0 Å². The minimum absolute atomic E-state index is 0.104. The maximum Gasteiger partial charge on any atom is 0.307 e. The molecule has 0 aliphatic carbocycles. The molecular weight excluding hydrogens is 380 g/mol. The lowest BCUT2D eigenvalue weighted by molar-refractivity contribution is -0.136. The van der Waals surface area contributed by atoms with Gasteiger partial charge in [-0.15, -0.1) is 0 Å². The molecule has 1 N–H and O–H groups in total. The van der Waals surface area contributed by atoms with Crippen LogP contribution in [0.2, 0.25) is 5.02 Å². The molecule has 0 atom stereocenters. The Bertz CT molecular complexity index is 1010. The average molecular weight is 399 g/mol. The fraction of sp³-hybridized carbons (Fsp3) is 0.190. The van der Waals surface area contributed by atoms with Gasteiger partial charge in [0.1, 0.15) is 18.1 Å². The van der Waals surface area contributed by atoms with Crippen molar-refractivity contribution in [2.45, 2.75) is 20.0 Å². The number of rotatable bonds is 7. The summed E-state index contributed by atoms with van der Waals surface area (Å²) in [5.41, 5.74) is 3.93. The molecule has 1 aromatic heterocycles. The van der Waals surface area contributed by atoms with E-state index in [1.807, 2.05) is 31.2 Å². The molecule has 144 valence electrons. The van der Waals surface area contributed by atoms with Crippen LogP contribution in [-0.2, 0) is 17.8 Å². The van der Waals surface area contributed by atoms with Crippen molar-refractivity contribution in [1.82, 2.24) is 5.16 Å². The zero-order valence-electron chi connectivity index (χ0n) is 15.5. The van der Waals surface area contributed by atoms with E-state index in [-0.39, 0.29) is 13.0 Å². The first-order chi connectivity index (χ1) is 13.5. The molecule has 0 spiro atoms. The van der Waals surface area contributed by atoms with Gasteiger partial charge in [0.2, 0.25) is 0 Å². The molecule has 3 rings (SSSR count). The molecule has 0 aliphatic rings. The first-order valence-electron chi connectivity index (χ1n) is 8.58. The molecular formula is C21H19ClN2O4. The summed E-state index contributed by atoms with van der Waals surface area (Å²) in [6, 6.07) is 12.8. The monoisotopic (exact) mass is 398 g/mol. The zero-order valence-corrected chi connectivity index (χ0v) is 16.2. The van der Waals surface area contributed by atoms with Gasteiger partial charge in [-0.25, -0.2) is 0 Å². The van der Waals surface area contributed by atoms with Gasteiger partial charge < -0.3 is 14.4 Å². The van der Waals surface area contributed by atoms with Gasteiger partial charge in [-0.3, -0.25) is 9.79 Å². The largest absolute Gasteiger partial charge is 0.486 e. The first-order valence-corrected chi connectivity index (χ1v) is 8.96. The van der Waals surface area contributed by atoms with Crippen molar-refractivity contribution in [3.8, 4) is 17.1 Å². The lowest BCUT2D eigenvalue weighted by Gasteiger charge is -2.08. The number of hydrogen-bond donors (Lipinski definition) is 1. The van der Waals surface area contributed by atoms with E-state index in [0.717, 1.165) is 16.7 Å². The third-order valence-corrected chi connectivity index (χ3v) is 4.40. The Hall–Kier alpha value is -3.12. The van der Waals surface area contributed by atoms with Gasteiger partial charge in [-0.2, -0.15) is 0 Å². The number of halogens is 1. The lowest BCUT2D eigenvalue weighted by Crippen LogP contribution is -2.03. The van der Waals surface area contributed by atoms with Gasteiger partial charge >= 0.3 is 5.97 Å². The summed E-state index contributed by atoms with van der Waals surface area (Å²) >= 11 is 6.17. The van der Waals surface area contributed by atoms with Crippen molar-refractivity contribution in [3.05, 3.63) is 69.9 Å². The molecule has 0 fully saturated rings. The number of aromatic nitrogens is 1. The molecule has 3 aromatic rings. The van der Waals surface area contributed by atoms with E-state index in [9.17, 15) is 4.79 Å². The zero-order chi connectivity index (χ0) is 20.1. The second kappa shape index (κ2) is 8.71. The van der Waals surface area contributed by atoms with Crippen molar-refractivity contribution in [2.75, 3.05) is 7.05 Å². The van der Waals surface area contributed by atoms with Crippen LogP contribution in [0.5, 0.6) is 5.75 Å². The van der Waals surface area contributed by atoms with E-state index in [2.05, 4.69) is 10.1 Å². The first kappa shape index (κ1) is 19.6. The number of benzene rings is 2. The summed E-state index contributed by atoms with van der Waals surface area (Å²) in [4.78, 5) is 15.0. The number of aryl methyl sites for hydroxylation is 1. The molecule has 2 aromatic carbocycles. The van der Waals surface area contributed by atoms with E-state index >= 15 is 0 Å². The summed E-state index contributed by atoms with van der Waals surface area (Å²) in [6.07, 6.45) is 1.57. The van der Waals surface area contributed by atoms with Gasteiger partial charge in [0.25, 0.3) is 0 Å². The molecule has 0 radical (unpaired) electrons. The number of carboxylic acid groups (broad SMARTS) is 1. The minimum atomic E-state index is -0.922. The minimum Gasteiger partial charge on any atom is -0.486 e. The van der Waals surface area contributed by atoms with Crippen LogP contribution < -0.4 is 4.74 Å². The fourth-order valence-corrected chi connectivity index (χ4v) is 2.87. The normalized spacial score (nSPS) is 11.1. The van der Waals surface area contributed by atoms with Gasteiger partial charge in [0.05, 0.1) is 17.0 Å². The van der Waals surface area contributed by atoms with Crippen LogP contribution in [0.25, 0.3) is 11.3 Å². The number of aliphatic imine (C=N–C) groups is 1. The SMILES string of the molecule is CN=Cc1c(COc2cc(CC(=O)O)ccc2Cl)noc1-c1ccc(C)cc1. The highest BCUT2D eigenvalue weighted by Crippen LogP contribution is 2.29. The highest BCUT2D eigenvalue weighted by atomic mass is 35.5. The summed E-state index contributed by atoms with van der Waals surface area (Å²) in [5.74, 6) is 0.0728. The van der Waals surface area contributed by atoms with Crippen molar-refractivity contribution < 1.29 is 19.2 Å². The summed E-state index contributed by atoms with van der Waals surface area (Å²) in [5, 5.41) is 13.5. The Morgan fingerprint density at radius 1 is 1.29 bits per heavy atom. The number of nitrogens with zero attached hydrogens (tertiary/aromatic N) is 2. The van der Waals surface area contributed by atoms with Crippen molar-refractivity contribution in [1.29, 1.82) is 0 Å². The van der Waals surface area contributed by atoms with Gasteiger partial charge in [-0.05, 0) is 24.6 Å². The van der Waals surface area contributed by atoms with Gasteiger partial charge in [-0.1, -0.05) is 52.7 Å². The molecule has 0 saturated heterocycles. The Morgan fingerprint density at radius 2 is 2.04 bits per heavy atom. The lowest BCUT2D eigenvalue weighted by atomic mass is 10.1. The predicted molar refractivity (Wildman–Crippen MR) is 107 cm³/mol. The van der Waals surface area contributed by atoms with Crippen LogP contribution >= 0.6 is 11.6 Å². The molecule has 0 bridgehead atoms. The quantitative estimate of drug-likeness (QED) is 0.590. The van der Waals surface area contributed by atoms with Crippen molar-refractivity contribution >= 4 is 23.8 Å². The van der Waals surface area contributed by atoms with Gasteiger partial charge in [0.15, 0.2) is 5.76 Å². The molecule has 0 saturated carbocycles. The van der Waals surface area contributed by atoms with Crippen LogP contribution in [0.1, 0.15) is 22.4 Å². The Labute approximate surface area is 167 Å². The summed E-state index contributed by atoms with van der Waals surface area (Å²) in [6.45, 7) is 2.12. The van der Waals surface area contributed by atoms with E-state index in [1.54, 1.807) is 31.5 Å². The van der Waals surface area contributed by atoms with Gasteiger partial charge in [0, 0.05) is 18.8 Å². The number of carboxylic acids is 1. The Balaban J connectivity index is 1.85. The van der Waals surface area contributed by atoms with Crippen LogP contribution in [0.15, 0.2) is 52.0 Å². The van der Waals surface area contributed by atoms with Crippen LogP contribution in [-0.4, -0.2) is 29.5 Å². The number of aliphatic carboxylic acids is 1. The van der Waals surface area contributed by atoms with E-state index in [0.29, 0.717) is 27.8 Å². The highest BCUT2D eigenvalue weighted by molar-refractivity contribution is 6.32. The number of hydrogen-bond acceptors (Lipinski definition) is 5. The maximum atomic E-state index is 10.9. The number of ether oxygens (including phenoxy) is 1. The summed E-state index contributed by atoms with van der Waals surface area (Å²) < 4.78 is 11.3.